The van der Waals surface area contributed by atoms with Gasteiger partial charge in [-0.15, -0.1) is 11.3 Å². The summed E-state index contributed by atoms with van der Waals surface area (Å²) >= 11 is 1.57. The molecule has 1 fully saturated rings. The number of rotatable bonds is 6. The van der Waals surface area contributed by atoms with Gasteiger partial charge in [-0.3, -0.25) is 4.79 Å². The SMILES string of the molecule is O=C(Nc1cc(-c2cccs2)nn1CCO)C1CCC1c1ccc(F)cc1. The van der Waals surface area contributed by atoms with Crippen molar-refractivity contribution < 1.29 is 14.3 Å². The number of aromatic nitrogens is 2. The number of amides is 1. The first-order chi connectivity index (χ1) is 13.2. The van der Waals surface area contributed by atoms with Gasteiger partial charge >= 0.3 is 0 Å². The maximum absolute atomic E-state index is 13.1. The van der Waals surface area contributed by atoms with E-state index >= 15 is 0 Å². The minimum absolute atomic E-state index is 0.0595. The van der Waals surface area contributed by atoms with Crippen LogP contribution in [0, 0.1) is 11.7 Å². The first kappa shape index (κ1) is 17.9. The minimum Gasteiger partial charge on any atom is -0.394 e. The fourth-order valence-electron chi connectivity index (χ4n) is 3.47. The van der Waals surface area contributed by atoms with E-state index < -0.39 is 0 Å². The van der Waals surface area contributed by atoms with Crippen molar-refractivity contribution in [2.24, 2.45) is 5.92 Å². The van der Waals surface area contributed by atoms with Gasteiger partial charge < -0.3 is 10.4 Å². The van der Waals surface area contributed by atoms with Gasteiger partial charge in [-0.25, -0.2) is 9.07 Å². The molecule has 2 aromatic heterocycles. The lowest BCUT2D eigenvalue weighted by Crippen LogP contribution is -2.35. The molecule has 0 aliphatic heterocycles. The van der Waals surface area contributed by atoms with E-state index in [0.29, 0.717) is 12.4 Å². The molecule has 0 spiro atoms. The molecule has 1 aromatic carbocycles. The monoisotopic (exact) mass is 385 g/mol. The number of anilines is 1. The summed E-state index contributed by atoms with van der Waals surface area (Å²) in [7, 11) is 0. The summed E-state index contributed by atoms with van der Waals surface area (Å²) in [6.45, 7) is 0.253. The molecule has 2 heterocycles. The van der Waals surface area contributed by atoms with Gasteiger partial charge in [-0.2, -0.15) is 5.10 Å². The van der Waals surface area contributed by atoms with Gasteiger partial charge in [0, 0.05) is 12.0 Å². The van der Waals surface area contributed by atoms with E-state index in [-0.39, 0.29) is 30.2 Å². The highest BCUT2D eigenvalue weighted by Gasteiger charge is 2.37. The zero-order chi connectivity index (χ0) is 18.8. The van der Waals surface area contributed by atoms with Crippen LogP contribution >= 0.6 is 11.3 Å². The number of carbonyl (C=O) groups excluding carboxylic acids is 1. The zero-order valence-corrected chi connectivity index (χ0v) is 15.5. The average Bonchev–Trinajstić information content (AvgIpc) is 3.27. The van der Waals surface area contributed by atoms with E-state index in [1.54, 1.807) is 28.2 Å². The Balaban J connectivity index is 1.51. The number of carbonyl (C=O) groups is 1. The molecular formula is C20H20FN3O2S. The van der Waals surface area contributed by atoms with Crippen LogP contribution in [0.3, 0.4) is 0 Å². The molecule has 5 nitrogen and oxygen atoms in total. The van der Waals surface area contributed by atoms with Crippen LogP contribution in [0.1, 0.15) is 24.3 Å². The standard InChI is InChI=1S/C20H20FN3O2S/c21-14-5-3-13(4-6-14)15-7-8-16(15)20(26)22-19-12-17(18-2-1-11-27-18)23-24(19)9-10-25/h1-6,11-12,15-16,25H,7-10H2,(H,22,26). The van der Waals surface area contributed by atoms with Crippen molar-refractivity contribution in [3.05, 3.63) is 59.2 Å². The highest BCUT2D eigenvalue weighted by Crippen LogP contribution is 2.43. The molecule has 1 aliphatic rings. The largest absolute Gasteiger partial charge is 0.394 e. The molecule has 1 amide bonds. The normalized spacial score (nSPS) is 18.9. The van der Waals surface area contributed by atoms with E-state index in [1.165, 1.54) is 12.1 Å². The van der Waals surface area contributed by atoms with E-state index in [4.69, 9.17) is 0 Å². The zero-order valence-electron chi connectivity index (χ0n) is 14.6. The molecule has 4 rings (SSSR count). The Hall–Kier alpha value is -2.51. The molecule has 0 bridgehead atoms. The number of hydrogen-bond acceptors (Lipinski definition) is 4. The van der Waals surface area contributed by atoms with Crippen LogP contribution in [0.5, 0.6) is 0 Å². The number of hydrogen-bond donors (Lipinski definition) is 2. The van der Waals surface area contributed by atoms with Crippen molar-refractivity contribution >= 4 is 23.1 Å². The summed E-state index contributed by atoms with van der Waals surface area (Å²) in [6.07, 6.45) is 1.72. The number of nitrogens with one attached hydrogen (secondary N) is 1. The molecule has 1 saturated carbocycles. The maximum atomic E-state index is 13.1. The van der Waals surface area contributed by atoms with Gasteiger partial charge in [0.25, 0.3) is 0 Å². The van der Waals surface area contributed by atoms with Crippen LogP contribution in [0.15, 0.2) is 47.8 Å². The summed E-state index contributed by atoms with van der Waals surface area (Å²) < 4.78 is 14.8. The smallest absolute Gasteiger partial charge is 0.229 e. The minimum atomic E-state index is -0.270. The van der Waals surface area contributed by atoms with Gasteiger partial charge in [0.05, 0.1) is 18.0 Å². The lowest BCUT2D eigenvalue weighted by atomic mass is 9.69. The van der Waals surface area contributed by atoms with Gasteiger partial charge in [0.15, 0.2) is 0 Å². The number of benzene rings is 1. The Bertz CT molecular complexity index is 921. The third-order valence-corrected chi connectivity index (χ3v) is 5.92. The third-order valence-electron chi connectivity index (χ3n) is 5.03. The summed E-state index contributed by atoms with van der Waals surface area (Å²) in [5, 5.41) is 18.7. The quantitative estimate of drug-likeness (QED) is 0.677. The number of aliphatic hydroxyl groups is 1. The van der Waals surface area contributed by atoms with Crippen molar-refractivity contribution in [1.29, 1.82) is 0 Å². The van der Waals surface area contributed by atoms with Crippen molar-refractivity contribution in [2.45, 2.75) is 25.3 Å². The molecule has 0 saturated heterocycles. The second-order valence-electron chi connectivity index (χ2n) is 6.67. The van der Waals surface area contributed by atoms with Crippen molar-refractivity contribution in [3.8, 4) is 10.6 Å². The van der Waals surface area contributed by atoms with Crippen LogP contribution in [-0.2, 0) is 11.3 Å². The fraction of sp³-hybridized carbons (Fsp3) is 0.300. The Kier molecular flexibility index (Phi) is 5.05. The van der Waals surface area contributed by atoms with E-state index in [1.807, 2.05) is 23.6 Å². The highest BCUT2D eigenvalue weighted by atomic mass is 32.1. The molecule has 1 aliphatic carbocycles. The van der Waals surface area contributed by atoms with Crippen LogP contribution < -0.4 is 5.32 Å². The number of halogens is 1. The first-order valence-corrected chi connectivity index (χ1v) is 9.82. The second kappa shape index (κ2) is 7.62. The van der Waals surface area contributed by atoms with Crippen molar-refractivity contribution in [3.63, 3.8) is 0 Å². The van der Waals surface area contributed by atoms with Crippen LogP contribution in [0.2, 0.25) is 0 Å². The van der Waals surface area contributed by atoms with Crippen molar-refractivity contribution in [2.75, 3.05) is 11.9 Å². The van der Waals surface area contributed by atoms with E-state index in [2.05, 4.69) is 10.4 Å². The van der Waals surface area contributed by atoms with Gasteiger partial charge in [-0.1, -0.05) is 18.2 Å². The number of nitrogens with zero attached hydrogens (tertiary/aromatic N) is 2. The summed E-state index contributed by atoms with van der Waals surface area (Å²) in [4.78, 5) is 13.8. The van der Waals surface area contributed by atoms with Crippen LogP contribution in [-0.4, -0.2) is 27.4 Å². The maximum Gasteiger partial charge on any atom is 0.229 e. The van der Waals surface area contributed by atoms with E-state index in [9.17, 15) is 14.3 Å². The van der Waals surface area contributed by atoms with Crippen LogP contribution in [0.4, 0.5) is 10.2 Å². The molecule has 3 aromatic rings. The number of thiophene rings is 1. The lowest BCUT2D eigenvalue weighted by molar-refractivity contribution is -0.123. The highest BCUT2D eigenvalue weighted by molar-refractivity contribution is 7.13. The van der Waals surface area contributed by atoms with Gasteiger partial charge in [-0.05, 0) is 47.9 Å². The third kappa shape index (κ3) is 3.65. The molecule has 140 valence electrons. The van der Waals surface area contributed by atoms with Crippen LogP contribution in [0.25, 0.3) is 10.6 Å². The second-order valence-corrected chi connectivity index (χ2v) is 7.62. The molecule has 27 heavy (non-hydrogen) atoms. The summed E-state index contributed by atoms with van der Waals surface area (Å²) in [6, 6.07) is 12.1. The summed E-state index contributed by atoms with van der Waals surface area (Å²) in [5.74, 6) is 0.220. The predicted octanol–water partition coefficient (Wildman–Crippen LogP) is 3.88. The molecule has 2 atom stereocenters. The summed E-state index contributed by atoms with van der Waals surface area (Å²) in [5.41, 5.74) is 1.77. The molecular weight excluding hydrogens is 365 g/mol. The topological polar surface area (TPSA) is 67.2 Å². The van der Waals surface area contributed by atoms with Crippen molar-refractivity contribution in [1.82, 2.24) is 9.78 Å². The Morgan fingerprint density at radius 2 is 2.11 bits per heavy atom. The fourth-order valence-corrected chi connectivity index (χ4v) is 4.15. The Morgan fingerprint density at radius 1 is 1.30 bits per heavy atom. The number of aliphatic hydroxyl groups excluding tert-OH is 1. The average molecular weight is 385 g/mol. The molecule has 2 N–H and O–H groups in total. The lowest BCUT2D eigenvalue weighted by Gasteiger charge is -2.35. The Labute approximate surface area is 160 Å². The van der Waals surface area contributed by atoms with Gasteiger partial charge in [0.1, 0.15) is 17.3 Å². The predicted molar refractivity (Wildman–Crippen MR) is 103 cm³/mol. The van der Waals surface area contributed by atoms with Gasteiger partial charge in [0.2, 0.25) is 5.91 Å². The molecule has 2 unspecified atom stereocenters. The molecule has 7 heteroatoms. The first-order valence-electron chi connectivity index (χ1n) is 8.94. The molecule has 0 radical (unpaired) electrons. The van der Waals surface area contributed by atoms with E-state index in [0.717, 1.165) is 29.0 Å². The Morgan fingerprint density at radius 3 is 2.74 bits per heavy atom.